The van der Waals surface area contributed by atoms with Crippen LogP contribution in [-0.4, -0.2) is 5.91 Å². The molecule has 276 valence electrons. The molecule has 0 fully saturated rings. The lowest BCUT2D eigenvalue weighted by molar-refractivity contribution is -0.122. The number of carbonyl (C=O) groups excluding carboxylic acids is 1. The highest BCUT2D eigenvalue weighted by atomic mass is 16.1. The van der Waals surface area contributed by atoms with E-state index in [4.69, 9.17) is 5.73 Å². The second-order valence-corrected chi connectivity index (χ2v) is 15.4. The molecule has 2 nitrogen and oxygen atoms in total. The number of hydrogen-bond donors (Lipinski definition) is 1. The number of primary amides is 1. The molecule has 0 aliphatic heterocycles. The van der Waals surface area contributed by atoms with E-state index < -0.39 is 0 Å². The fourth-order valence-electron chi connectivity index (χ4n) is 7.37. The second kappa shape index (κ2) is 40.6. The standard InChI is InChI=1S/C44H89NO/c1-3-5-7-9-11-13-15-17-19-21-23-24-26-28-30-32-34-36-38-40-42-43(44(45)46)41-39-37-35-33-31-29-27-25-22-20-18-16-14-12-10-8-6-4-2/h43H,3-42H2,1-2H3,(H2,45,46). The van der Waals surface area contributed by atoms with Crippen molar-refractivity contribution in [3.63, 3.8) is 0 Å². The molecule has 0 aliphatic rings. The van der Waals surface area contributed by atoms with Crippen molar-refractivity contribution >= 4 is 5.91 Å². The van der Waals surface area contributed by atoms with Gasteiger partial charge in [0.1, 0.15) is 0 Å². The quantitative estimate of drug-likeness (QED) is 0.0659. The Bertz CT molecular complexity index is 560. The molecule has 1 unspecified atom stereocenters. The maximum atomic E-state index is 12.0. The van der Waals surface area contributed by atoms with Crippen molar-refractivity contribution in [1.29, 1.82) is 0 Å². The van der Waals surface area contributed by atoms with Crippen molar-refractivity contribution < 1.29 is 4.79 Å². The highest BCUT2D eigenvalue weighted by molar-refractivity contribution is 5.76. The Balaban J connectivity index is 3.34. The van der Waals surface area contributed by atoms with Crippen LogP contribution < -0.4 is 5.73 Å². The molecule has 0 bridgehead atoms. The number of amides is 1. The minimum atomic E-state index is -0.0511. The van der Waals surface area contributed by atoms with E-state index in [0.717, 1.165) is 12.8 Å². The fraction of sp³-hybridized carbons (Fsp3) is 0.977. The molecule has 1 amide bonds. The Hall–Kier alpha value is -0.530. The van der Waals surface area contributed by atoms with E-state index in [9.17, 15) is 4.79 Å². The molecular formula is C44H89NO. The van der Waals surface area contributed by atoms with Crippen LogP contribution in [0.15, 0.2) is 0 Å². The minimum Gasteiger partial charge on any atom is -0.369 e. The lowest BCUT2D eigenvalue weighted by Gasteiger charge is -2.13. The van der Waals surface area contributed by atoms with Crippen LogP contribution in [0.4, 0.5) is 0 Å². The van der Waals surface area contributed by atoms with Crippen molar-refractivity contribution in [1.82, 2.24) is 0 Å². The van der Waals surface area contributed by atoms with E-state index in [1.165, 1.54) is 244 Å². The zero-order valence-electron chi connectivity index (χ0n) is 32.3. The normalized spacial score (nSPS) is 12.2. The molecule has 0 aromatic carbocycles. The lowest BCUT2D eigenvalue weighted by Crippen LogP contribution is -2.23. The first-order valence-corrected chi connectivity index (χ1v) is 22.0. The maximum absolute atomic E-state index is 12.0. The van der Waals surface area contributed by atoms with Crippen molar-refractivity contribution in [2.45, 2.75) is 271 Å². The predicted octanol–water partition coefficient (Wildman–Crippen LogP) is 15.7. The Morgan fingerprint density at radius 1 is 0.304 bits per heavy atom. The summed E-state index contributed by atoms with van der Waals surface area (Å²) >= 11 is 0. The summed E-state index contributed by atoms with van der Waals surface area (Å²) in [6, 6.07) is 0. The molecule has 0 heterocycles. The van der Waals surface area contributed by atoms with Crippen molar-refractivity contribution in [3.8, 4) is 0 Å². The minimum absolute atomic E-state index is 0.0511. The average Bonchev–Trinajstić information content (AvgIpc) is 3.05. The van der Waals surface area contributed by atoms with Gasteiger partial charge >= 0.3 is 0 Å². The highest BCUT2D eigenvalue weighted by Gasteiger charge is 2.14. The van der Waals surface area contributed by atoms with Gasteiger partial charge in [-0.2, -0.15) is 0 Å². The summed E-state index contributed by atoms with van der Waals surface area (Å²) in [5, 5.41) is 0. The van der Waals surface area contributed by atoms with Gasteiger partial charge < -0.3 is 5.73 Å². The smallest absolute Gasteiger partial charge is 0.220 e. The number of hydrogen-bond acceptors (Lipinski definition) is 1. The third-order valence-corrected chi connectivity index (χ3v) is 10.7. The predicted molar refractivity (Wildman–Crippen MR) is 209 cm³/mol. The van der Waals surface area contributed by atoms with Crippen LogP contribution in [-0.2, 0) is 4.79 Å². The van der Waals surface area contributed by atoms with Crippen LogP contribution in [0.1, 0.15) is 271 Å². The van der Waals surface area contributed by atoms with Gasteiger partial charge in [0.2, 0.25) is 5.91 Å². The van der Waals surface area contributed by atoms with E-state index in [-0.39, 0.29) is 11.8 Å². The summed E-state index contributed by atoms with van der Waals surface area (Å²) in [6.07, 6.45) is 55.6. The van der Waals surface area contributed by atoms with Gasteiger partial charge in [0.15, 0.2) is 0 Å². The summed E-state index contributed by atoms with van der Waals surface area (Å²) in [5.74, 6) is 0.0707. The molecule has 0 aliphatic carbocycles. The first kappa shape index (κ1) is 45.5. The molecule has 0 aromatic rings. The van der Waals surface area contributed by atoms with E-state index >= 15 is 0 Å². The number of unbranched alkanes of at least 4 members (excludes halogenated alkanes) is 36. The van der Waals surface area contributed by atoms with Gasteiger partial charge in [0.25, 0.3) is 0 Å². The molecule has 0 rings (SSSR count). The Labute approximate surface area is 292 Å². The first-order chi connectivity index (χ1) is 22.7. The summed E-state index contributed by atoms with van der Waals surface area (Å²) in [6.45, 7) is 4.60. The molecule has 0 radical (unpaired) electrons. The largest absolute Gasteiger partial charge is 0.369 e. The maximum Gasteiger partial charge on any atom is 0.220 e. The zero-order chi connectivity index (χ0) is 33.4. The third-order valence-electron chi connectivity index (χ3n) is 10.7. The summed E-state index contributed by atoms with van der Waals surface area (Å²) in [5.41, 5.74) is 5.76. The highest BCUT2D eigenvalue weighted by Crippen LogP contribution is 2.20. The first-order valence-electron chi connectivity index (χ1n) is 22.0. The lowest BCUT2D eigenvalue weighted by atomic mass is 9.93. The van der Waals surface area contributed by atoms with Gasteiger partial charge in [0, 0.05) is 5.92 Å². The Morgan fingerprint density at radius 3 is 0.609 bits per heavy atom. The monoisotopic (exact) mass is 648 g/mol. The fourth-order valence-corrected chi connectivity index (χ4v) is 7.37. The van der Waals surface area contributed by atoms with E-state index in [1.807, 2.05) is 0 Å². The van der Waals surface area contributed by atoms with Crippen molar-refractivity contribution in [3.05, 3.63) is 0 Å². The molecule has 2 N–H and O–H groups in total. The van der Waals surface area contributed by atoms with Gasteiger partial charge in [-0.3, -0.25) is 4.79 Å². The Morgan fingerprint density at radius 2 is 0.457 bits per heavy atom. The molecule has 46 heavy (non-hydrogen) atoms. The second-order valence-electron chi connectivity index (χ2n) is 15.4. The van der Waals surface area contributed by atoms with Crippen molar-refractivity contribution in [2.24, 2.45) is 11.7 Å². The van der Waals surface area contributed by atoms with Gasteiger partial charge in [-0.1, -0.05) is 258 Å². The van der Waals surface area contributed by atoms with Crippen LogP contribution in [0, 0.1) is 5.92 Å². The van der Waals surface area contributed by atoms with E-state index in [1.54, 1.807) is 0 Å². The number of rotatable bonds is 41. The molecule has 0 spiro atoms. The SMILES string of the molecule is CCCCCCCCCCCCCCCCCCCCCCC(CCCCCCCCCCCCCCCCCCCC)C(N)=O. The average molecular weight is 648 g/mol. The van der Waals surface area contributed by atoms with Crippen LogP contribution in [0.25, 0.3) is 0 Å². The van der Waals surface area contributed by atoms with Crippen LogP contribution >= 0.6 is 0 Å². The summed E-state index contributed by atoms with van der Waals surface area (Å²) in [7, 11) is 0. The molecule has 1 atom stereocenters. The van der Waals surface area contributed by atoms with Crippen molar-refractivity contribution in [2.75, 3.05) is 0 Å². The molecule has 2 heteroatoms. The van der Waals surface area contributed by atoms with Gasteiger partial charge in [0.05, 0.1) is 0 Å². The zero-order valence-corrected chi connectivity index (χ0v) is 32.3. The third kappa shape index (κ3) is 37.9. The van der Waals surface area contributed by atoms with Crippen LogP contribution in [0.2, 0.25) is 0 Å². The van der Waals surface area contributed by atoms with Crippen LogP contribution in [0.5, 0.6) is 0 Å². The molecule has 0 saturated heterocycles. The number of nitrogens with two attached hydrogens (primary N) is 1. The van der Waals surface area contributed by atoms with Gasteiger partial charge in [-0.05, 0) is 12.8 Å². The summed E-state index contributed by atoms with van der Waals surface area (Å²) in [4.78, 5) is 12.0. The van der Waals surface area contributed by atoms with E-state index in [0.29, 0.717) is 0 Å². The van der Waals surface area contributed by atoms with Gasteiger partial charge in [-0.25, -0.2) is 0 Å². The summed E-state index contributed by atoms with van der Waals surface area (Å²) < 4.78 is 0. The number of carbonyl (C=O) groups is 1. The molecule has 0 saturated carbocycles. The molecule has 0 aromatic heterocycles. The Kier molecular flexibility index (Phi) is 40.2. The van der Waals surface area contributed by atoms with Gasteiger partial charge in [-0.15, -0.1) is 0 Å². The van der Waals surface area contributed by atoms with E-state index in [2.05, 4.69) is 13.8 Å². The van der Waals surface area contributed by atoms with Crippen LogP contribution in [0.3, 0.4) is 0 Å². The topological polar surface area (TPSA) is 43.1 Å². The molecular weight excluding hydrogens is 558 g/mol.